The van der Waals surface area contributed by atoms with E-state index in [0.29, 0.717) is 0 Å². The lowest BCUT2D eigenvalue weighted by Gasteiger charge is -2.31. The zero-order chi connectivity index (χ0) is 51.0. The molecule has 0 unspecified atom stereocenters. The van der Waals surface area contributed by atoms with E-state index in [2.05, 4.69) is 325 Å². The molecule has 0 heterocycles. The molecule has 4 nitrogen and oxygen atoms in total. The van der Waals surface area contributed by atoms with Gasteiger partial charge in [-0.15, -0.1) is 0 Å². The second-order valence-electron chi connectivity index (χ2n) is 19.6. The third-order valence-corrected chi connectivity index (χ3v) is 14.7. The Balaban J connectivity index is 0.924. The molecule has 76 heavy (non-hydrogen) atoms. The van der Waals surface area contributed by atoms with Gasteiger partial charge in [-0.05, 0) is 157 Å². The second kappa shape index (κ2) is 19.8. The van der Waals surface area contributed by atoms with Gasteiger partial charge >= 0.3 is 0 Å². The van der Waals surface area contributed by atoms with Gasteiger partial charge in [0.25, 0.3) is 0 Å². The average molecular weight is 975 g/mol. The fraction of sp³-hybridized carbons (Fsp3) is 0.0278. The molecular formula is C72H54N4. The van der Waals surface area contributed by atoms with E-state index in [1.165, 1.54) is 54.2 Å². The number of hydrogen-bond donors (Lipinski definition) is 0. The topological polar surface area (TPSA) is 13.0 Å². The van der Waals surface area contributed by atoms with Crippen LogP contribution < -0.4 is 19.6 Å². The summed E-state index contributed by atoms with van der Waals surface area (Å²) in [6.45, 7) is 4.28. The molecule has 0 fully saturated rings. The molecule has 0 atom stereocenters. The van der Waals surface area contributed by atoms with E-state index in [0.717, 1.165) is 68.2 Å². The van der Waals surface area contributed by atoms with E-state index < -0.39 is 0 Å². The van der Waals surface area contributed by atoms with Crippen LogP contribution in [0.25, 0.3) is 43.1 Å². The molecule has 0 saturated carbocycles. The first-order chi connectivity index (χ1) is 37.5. The summed E-state index contributed by atoms with van der Waals surface area (Å²) in [6, 6.07) is 106. The summed E-state index contributed by atoms with van der Waals surface area (Å²) in [6.07, 6.45) is 0. The van der Waals surface area contributed by atoms with Crippen molar-refractivity contribution in [2.45, 2.75) is 13.8 Å². The van der Waals surface area contributed by atoms with Crippen molar-refractivity contribution in [1.82, 2.24) is 0 Å². The summed E-state index contributed by atoms with van der Waals surface area (Å²) in [5.41, 5.74) is 15.5. The summed E-state index contributed by atoms with van der Waals surface area (Å²) in [7, 11) is 0. The first kappa shape index (κ1) is 45.9. The first-order valence-corrected chi connectivity index (χ1v) is 26.1. The fourth-order valence-corrected chi connectivity index (χ4v) is 11.0. The van der Waals surface area contributed by atoms with E-state index in [1.807, 2.05) is 0 Å². The zero-order valence-electron chi connectivity index (χ0n) is 42.5. The van der Waals surface area contributed by atoms with Gasteiger partial charge in [-0.1, -0.05) is 181 Å². The van der Waals surface area contributed by atoms with Gasteiger partial charge in [-0.25, -0.2) is 0 Å². The van der Waals surface area contributed by atoms with Gasteiger partial charge in [0.05, 0.1) is 22.7 Å². The van der Waals surface area contributed by atoms with E-state index in [9.17, 15) is 0 Å². The van der Waals surface area contributed by atoms with Crippen molar-refractivity contribution >= 4 is 111 Å². The minimum absolute atomic E-state index is 1.05. The molecule has 0 bridgehead atoms. The van der Waals surface area contributed by atoms with Crippen LogP contribution in [0, 0.1) is 13.8 Å². The van der Waals surface area contributed by atoms with Crippen molar-refractivity contribution in [1.29, 1.82) is 0 Å². The third-order valence-electron chi connectivity index (χ3n) is 14.7. The number of rotatable bonds is 12. The highest BCUT2D eigenvalue weighted by atomic mass is 15.2. The number of anilines is 12. The van der Waals surface area contributed by atoms with Crippen LogP contribution in [0.15, 0.2) is 291 Å². The number of fused-ring (bicyclic) bond motifs is 4. The lowest BCUT2D eigenvalue weighted by molar-refractivity contribution is 1.25. The molecule has 0 aliphatic rings. The van der Waals surface area contributed by atoms with Crippen molar-refractivity contribution in [3.63, 3.8) is 0 Å². The van der Waals surface area contributed by atoms with Crippen LogP contribution in [0.3, 0.4) is 0 Å². The molecular weight excluding hydrogens is 921 g/mol. The molecule has 13 rings (SSSR count). The largest absolute Gasteiger partial charge is 0.310 e. The van der Waals surface area contributed by atoms with Gasteiger partial charge in [0, 0.05) is 67.0 Å². The minimum Gasteiger partial charge on any atom is -0.310 e. The fourth-order valence-electron chi connectivity index (χ4n) is 11.0. The van der Waals surface area contributed by atoms with E-state index in [1.54, 1.807) is 0 Å². The number of hydrogen-bond acceptors (Lipinski definition) is 4. The molecule has 0 saturated heterocycles. The molecule has 0 spiro atoms. The summed E-state index contributed by atoms with van der Waals surface area (Å²) < 4.78 is 0. The van der Waals surface area contributed by atoms with Crippen LogP contribution in [-0.2, 0) is 0 Å². The van der Waals surface area contributed by atoms with Gasteiger partial charge in [0.15, 0.2) is 0 Å². The maximum Gasteiger partial charge on any atom is 0.0540 e. The van der Waals surface area contributed by atoms with Crippen molar-refractivity contribution in [3.8, 4) is 0 Å². The van der Waals surface area contributed by atoms with Crippen LogP contribution in [0.2, 0.25) is 0 Å². The lowest BCUT2D eigenvalue weighted by atomic mass is 10.0. The van der Waals surface area contributed by atoms with Gasteiger partial charge in [0.2, 0.25) is 0 Å². The summed E-state index contributed by atoms with van der Waals surface area (Å²) in [5.74, 6) is 0. The Bertz CT molecular complexity index is 3890. The molecule has 13 aromatic carbocycles. The first-order valence-electron chi connectivity index (χ1n) is 26.1. The third kappa shape index (κ3) is 8.62. The number of aryl methyl sites for hydroxylation is 2. The van der Waals surface area contributed by atoms with Crippen LogP contribution in [0.4, 0.5) is 68.2 Å². The molecule has 0 aromatic heterocycles. The van der Waals surface area contributed by atoms with E-state index >= 15 is 0 Å². The average Bonchev–Trinajstić information content (AvgIpc) is 3.49. The lowest BCUT2D eigenvalue weighted by Crippen LogP contribution is -2.14. The minimum atomic E-state index is 1.05. The summed E-state index contributed by atoms with van der Waals surface area (Å²) in [5, 5.41) is 9.54. The van der Waals surface area contributed by atoms with Crippen LogP contribution >= 0.6 is 0 Å². The standard InChI is InChI=1S/C72H54N4/c1-51-31-35-57(36-32-51)73(69-27-11-19-53-15-3-7-23-65(53)69)59-39-43-61(44-40-59)75(71-29-13-21-55-17-5-9-25-67(55)71)63-47-49-64(50-48-63)76(72-30-14-22-56-18-6-10-26-68(56)72)62-45-41-60(42-46-62)74(58-37-33-52(2)34-38-58)70-28-12-20-54-16-4-8-24-66(54)70/h3-50H,1-2H3. The monoisotopic (exact) mass is 974 g/mol. The smallest absolute Gasteiger partial charge is 0.0540 e. The Kier molecular flexibility index (Phi) is 12.0. The predicted molar refractivity (Wildman–Crippen MR) is 325 cm³/mol. The Hall–Kier alpha value is -9.90. The van der Waals surface area contributed by atoms with Crippen molar-refractivity contribution < 1.29 is 0 Å². The van der Waals surface area contributed by atoms with Crippen molar-refractivity contribution in [2.75, 3.05) is 19.6 Å². The van der Waals surface area contributed by atoms with Crippen LogP contribution in [0.5, 0.6) is 0 Å². The molecule has 0 amide bonds. The second-order valence-corrected chi connectivity index (χ2v) is 19.6. The maximum absolute atomic E-state index is 2.40. The molecule has 0 N–H and O–H groups in total. The Morgan fingerprint density at radius 3 is 0.553 bits per heavy atom. The zero-order valence-corrected chi connectivity index (χ0v) is 42.5. The molecule has 0 radical (unpaired) electrons. The van der Waals surface area contributed by atoms with E-state index in [4.69, 9.17) is 0 Å². The SMILES string of the molecule is Cc1ccc(N(c2ccc(N(c3ccc(N(c4ccc(N(c5ccc(C)cc5)c5cccc6ccccc56)cc4)c4cccc5ccccc45)cc3)c3cccc4ccccc34)cc2)c2cccc3ccccc23)cc1. The highest BCUT2D eigenvalue weighted by Crippen LogP contribution is 2.46. The maximum atomic E-state index is 2.40. The highest BCUT2D eigenvalue weighted by Gasteiger charge is 2.22. The highest BCUT2D eigenvalue weighted by molar-refractivity contribution is 6.03. The van der Waals surface area contributed by atoms with Crippen LogP contribution in [-0.4, -0.2) is 0 Å². The van der Waals surface area contributed by atoms with Gasteiger partial charge in [-0.3, -0.25) is 0 Å². The van der Waals surface area contributed by atoms with Crippen molar-refractivity contribution in [2.24, 2.45) is 0 Å². The number of benzene rings is 13. The van der Waals surface area contributed by atoms with Gasteiger partial charge in [0.1, 0.15) is 0 Å². The Morgan fingerprint density at radius 1 is 0.171 bits per heavy atom. The van der Waals surface area contributed by atoms with Crippen LogP contribution in [0.1, 0.15) is 11.1 Å². The molecule has 4 heteroatoms. The molecule has 0 aliphatic carbocycles. The van der Waals surface area contributed by atoms with E-state index in [-0.39, 0.29) is 0 Å². The summed E-state index contributed by atoms with van der Waals surface area (Å²) in [4.78, 5) is 9.55. The number of nitrogens with zero attached hydrogens (tertiary/aromatic N) is 4. The summed E-state index contributed by atoms with van der Waals surface area (Å²) >= 11 is 0. The Labute approximate surface area is 444 Å². The van der Waals surface area contributed by atoms with Crippen molar-refractivity contribution in [3.05, 3.63) is 302 Å². The molecule has 0 aliphatic heterocycles. The molecule has 362 valence electrons. The predicted octanol–water partition coefficient (Wildman–Crippen LogP) is 20.8. The quantitative estimate of drug-likeness (QED) is 0.121. The Morgan fingerprint density at radius 2 is 0.342 bits per heavy atom. The van der Waals surface area contributed by atoms with Gasteiger partial charge < -0.3 is 19.6 Å². The molecule has 13 aromatic rings. The normalized spacial score (nSPS) is 11.3. The van der Waals surface area contributed by atoms with Gasteiger partial charge in [-0.2, -0.15) is 0 Å².